The highest BCUT2D eigenvalue weighted by Gasteiger charge is 2.63. The lowest BCUT2D eigenvalue weighted by Crippen LogP contribution is -2.60. The third kappa shape index (κ3) is 6.12. The van der Waals surface area contributed by atoms with Gasteiger partial charge in [-0.3, -0.25) is 4.79 Å². The summed E-state index contributed by atoms with van der Waals surface area (Å²) in [7, 11) is -1.69. The molecule has 0 saturated heterocycles. The summed E-state index contributed by atoms with van der Waals surface area (Å²) in [6.07, 6.45) is 12.8. The third-order valence-corrected chi connectivity index (χ3v) is 13.5. The normalized spacial score (nSPS) is 42.9. The first-order valence-corrected chi connectivity index (χ1v) is 22.3. The van der Waals surface area contributed by atoms with Gasteiger partial charge in [-0.1, -0.05) is 20.8 Å². The zero-order valence-electron chi connectivity index (χ0n) is 25.8. The summed E-state index contributed by atoms with van der Waals surface area (Å²) >= 11 is 0. The van der Waals surface area contributed by atoms with Gasteiger partial charge in [0.2, 0.25) is 0 Å². The van der Waals surface area contributed by atoms with Crippen LogP contribution >= 0.6 is 0 Å². The largest absolute Gasteiger partial charge is 0.469 e. The predicted molar refractivity (Wildman–Crippen MR) is 157 cm³/mol. The molecule has 37 heavy (non-hydrogen) atoms. The van der Waals surface area contributed by atoms with Crippen molar-refractivity contribution in [3.8, 4) is 0 Å². The highest BCUT2D eigenvalue weighted by Crippen LogP contribution is 2.69. The monoisotopic (exact) mass is 550 g/mol. The molecule has 0 heterocycles. The molecule has 4 rings (SSSR count). The number of esters is 1. The Bertz CT molecular complexity index is 819. The standard InChI is InChI=1S/C31H58O4Si2/c1-21(11-14-28(32)33-4)24-12-13-25-29-26(16-18-31(24,25)3)30(2)17-15-23(34-36(5,6)7)19-22(30)20-27(29)35-37(8,9)10/h21-27,29H,11-20H2,1-10H3/t21-,22+,23-,24-,25+,26+,27-,29+,30+,31-/m1/s1. The maximum atomic E-state index is 11.9. The highest BCUT2D eigenvalue weighted by atomic mass is 28.4. The number of ether oxygens (including phenoxy) is 1. The van der Waals surface area contributed by atoms with Gasteiger partial charge < -0.3 is 13.6 Å². The molecule has 0 radical (unpaired) electrons. The molecular formula is C31H58O4Si2. The Balaban J connectivity index is 1.59. The van der Waals surface area contributed by atoms with Crippen molar-refractivity contribution >= 4 is 22.6 Å². The molecule has 0 bridgehead atoms. The molecule has 0 amide bonds. The van der Waals surface area contributed by atoms with Gasteiger partial charge in [-0.05, 0) is 143 Å². The minimum atomic E-state index is -1.67. The molecule has 4 saturated carbocycles. The summed E-state index contributed by atoms with van der Waals surface area (Å²) < 4.78 is 18.8. The fraction of sp³-hybridized carbons (Fsp3) is 0.968. The number of hydrogen-bond donors (Lipinski definition) is 0. The molecule has 4 aliphatic carbocycles. The number of fused-ring (bicyclic) bond motifs is 5. The van der Waals surface area contributed by atoms with E-state index in [1.807, 2.05) is 0 Å². The quantitative estimate of drug-likeness (QED) is 0.225. The van der Waals surface area contributed by atoms with Crippen LogP contribution in [0.1, 0.15) is 85.0 Å². The van der Waals surface area contributed by atoms with Gasteiger partial charge in [-0.15, -0.1) is 0 Å². The summed E-state index contributed by atoms with van der Waals surface area (Å²) in [4.78, 5) is 11.9. The van der Waals surface area contributed by atoms with Gasteiger partial charge in [0.05, 0.1) is 7.11 Å². The highest BCUT2D eigenvalue weighted by molar-refractivity contribution is 6.70. The van der Waals surface area contributed by atoms with Crippen molar-refractivity contribution < 1.29 is 18.4 Å². The summed E-state index contributed by atoms with van der Waals surface area (Å²) in [5.41, 5.74) is 0.804. The van der Waals surface area contributed by atoms with E-state index in [1.54, 1.807) is 0 Å². The van der Waals surface area contributed by atoms with Gasteiger partial charge in [0.15, 0.2) is 16.6 Å². The second-order valence-corrected chi connectivity index (χ2v) is 24.9. The maximum absolute atomic E-state index is 11.9. The molecule has 214 valence electrons. The first-order valence-electron chi connectivity index (χ1n) is 15.5. The molecule has 0 aromatic heterocycles. The second-order valence-electron chi connectivity index (χ2n) is 15.9. The van der Waals surface area contributed by atoms with Crippen LogP contribution in [0.2, 0.25) is 39.3 Å². The van der Waals surface area contributed by atoms with E-state index < -0.39 is 16.6 Å². The molecular weight excluding hydrogens is 493 g/mol. The van der Waals surface area contributed by atoms with E-state index in [0.717, 1.165) is 24.2 Å². The molecule has 0 aromatic rings. The van der Waals surface area contributed by atoms with Crippen LogP contribution in [0.3, 0.4) is 0 Å². The number of methoxy groups -OCH3 is 1. The van der Waals surface area contributed by atoms with Crippen LogP contribution in [0.25, 0.3) is 0 Å². The predicted octanol–water partition coefficient (Wildman–Crippen LogP) is 8.28. The Morgan fingerprint density at radius 1 is 0.865 bits per heavy atom. The van der Waals surface area contributed by atoms with E-state index in [2.05, 4.69) is 60.1 Å². The fourth-order valence-corrected chi connectivity index (χ4v) is 12.3. The van der Waals surface area contributed by atoms with E-state index in [1.165, 1.54) is 58.5 Å². The first kappa shape index (κ1) is 29.8. The minimum absolute atomic E-state index is 0.0567. The van der Waals surface area contributed by atoms with Crippen molar-refractivity contribution in [2.45, 2.75) is 136 Å². The lowest BCUT2D eigenvalue weighted by molar-refractivity contribution is -0.168. The van der Waals surface area contributed by atoms with Gasteiger partial charge in [0, 0.05) is 18.6 Å². The average molecular weight is 551 g/mol. The topological polar surface area (TPSA) is 44.8 Å². The SMILES string of the molecule is COC(=O)CC[C@@H](C)[C@H]1CC[C@H]2[C@@H]3[C@H](O[Si](C)(C)C)C[C@@H]4C[C@H](O[Si](C)(C)C)CC[C@]4(C)[C@H]3CC[C@]12C. The van der Waals surface area contributed by atoms with Gasteiger partial charge >= 0.3 is 5.97 Å². The van der Waals surface area contributed by atoms with E-state index in [9.17, 15) is 4.79 Å². The number of hydrogen-bond acceptors (Lipinski definition) is 4. The molecule has 6 heteroatoms. The van der Waals surface area contributed by atoms with Crippen molar-refractivity contribution in [1.29, 1.82) is 0 Å². The molecule has 4 nitrogen and oxygen atoms in total. The van der Waals surface area contributed by atoms with Crippen LogP contribution in [0.4, 0.5) is 0 Å². The van der Waals surface area contributed by atoms with E-state index >= 15 is 0 Å². The van der Waals surface area contributed by atoms with Crippen LogP contribution < -0.4 is 0 Å². The van der Waals surface area contributed by atoms with Crippen LogP contribution in [-0.4, -0.2) is 41.9 Å². The number of rotatable bonds is 8. The van der Waals surface area contributed by atoms with Crippen molar-refractivity contribution in [3.63, 3.8) is 0 Å². The number of carbonyl (C=O) groups is 1. The van der Waals surface area contributed by atoms with Crippen molar-refractivity contribution in [2.24, 2.45) is 46.3 Å². The van der Waals surface area contributed by atoms with E-state index in [4.69, 9.17) is 13.6 Å². The number of carbonyl (C=O) groups excluding carboxylic acids is 1. The lowest BCUT2D eigenvalue weighted by atomic mass is 9.43. The Kier molecular flexibility index (Phi) is 8.59. The maximum Gasteiger partial charge on any atom is 0.305 e. The molecule has 0 spiro atoms. The third-order valence-electron chi connectivity index (χ3n) is 11.4. The van der Waals surface area contributed by atoms with Crippen LogP contribution in [0, 0.1) is 46.3 Å². The van der Waals surface area contributed by atoms with Gasteiger partial charge in [0.25, 0.3) is 0 Å². The molecule has 0 aromatic carbocycles. The smallest absolute Gasteiger partial charge is 0.305 e. The average Bonchev–Trinajstić information content (AvgIpc) is 3.13. The van der Waals surface area contributed by atoms with Crippen molar-refractivity contribution in [2.75, 3.05) is 7.11 Å². The Labute approximate surface area is 230 Å². The Morgan fingerprint density at radius 2 is 1.49 bits per heavy atom. The molecule has 4 aliphatic rings. The minimum Gasteiger partial charge on any atom is -0.469 e. The Hall–Kier alpha value is -0.176. The lowest BCUT2D eigenvalue weighted by Gasteiger charge is -2.64. The van der Waals surface area contributed by atoms with Crippen LogP contribution in [0.5, 0.6) is 0 Å². The zero-order chi connectivity index (χ0) is 27.4. The molecule has 0 aliphatic heterocycles. The molecule has 0 N–H and O–H groups in total. The van der Waals surface area contributed by atoms with Crippen LogP contribution in [-0.2, 0) is 18.4 Å². The van der Waals surface area contributed by atoms with Crippen molar-refractivity contribution in [1.82, 2.24) is 0 Å². The molecule has 0 unspecified atom stereocenters. The fourth-order valence-electron chi connectivity index (χ4n) is 9.97. The Morgan fingerprint density at radius 3 is 2.11 bits per heavy atom. The summed E-state index contributed by atoms with van der Waals surface area (Å²) in [5.74, 6) is 4.18. The summed E-state index contributed by atoms with van der Waals surface area (Å²) in [6.45, 7) is 21.9. The first-order chi connectivity index (χ1) is 17.1. The molecule has 4 fully saturated rings. The van der Waals surface area contributed by atoms with Crippen LogP contribution in [0.15, 0.2) is 0 Å². The van der Waals surface area contributed by atoms with Gasteiger partial charge in [-0.2, -0.15) is 0 Å². The van der Waals surface area contributed by atoms with Crippen molar-refractivity contribution in [3.05, 3.63) is 0 Å². The summed E-state index contributed by atoms with van der Waals surface area (Å²) in [6, 6.07) is 0. The van der Waals surface area contributed by atoms with E-state index in [0.29, 0.717) is 47.2 Å². The summed E-state index contributed by atoms with van der Waals surface area (Å²) in [5, 5.41) is 0. The van der Waals surface area contributed by atoms with E-state index in [-0.39, 0.29) is 5.97 Å². The molecule has 10 atom stereocenters. The zero-order valence-corrected chi connectivity index (χ0v) is 27.8. The van der Waals surface area contributed by atoms with Gasteiger partial charge in [0.1, 0.15) is 0 Å². The second kappa shape index (κ2) is 10.7. The van der Waals surface area contributed by atoms with Gasteiger partial charge in [-0.25, -0.2) is 0 Å².